The van der Waals surface area contributed by atoms with Crippen LogP contribution in [0.1, 0.15) is 41.7 Å². The molecule has 2 aromatic carbocycles. The van der Waals surface area contributed by atoms with Gasteiger partial charge in [0.05, 0.1) is 31.4 Å². The normalized spacial score (nSPS) is 12.3. The Hall–Kier alpha value is -2.52. The second-order valence-corrected chi connectivity index (χ2v) is 10.1. The minimum Gasteiger partial charge on any atom is -0.478 e. The molecule has 1 heterocycles. The Labute approximate surface area is 166 Å². The number of thiazole rings is 1. The van der Waals surface area contributed by atoms with Crippen LogP contribution in [0, 0.1) is 12.7 Å². The second kappa shape index (κ2) is 6.82. The summed E-state index contributed by atoms with van der Waals surface area (Å²) in [5, 5.41) is 10.2. The van der Waals surface area contributed by atoms with Crippen molar-refractivity contribution in [1.82, 2.24) is 4.98 Å². The van der Waals surface area contributed by atoms with Crippen LogP contribution in [0.4, 0.5) is 10.1 Å². The summed E-state index contributed by atoms with van der Waals surface area (Å²) in [4.78, 5) is 16.0. The number of nitrogens with zero attached hydrogens (tertiary/aromatic N) is 1. The van der Waals surface area contributed by atoms with Gasteiger partial charge in [-0.3, -0.25) is 4.72 Å². The average molecular weight is 423 g/mol. The van der Waals surface area contributed by atoms with E-state index in [1.54, 1.807) is 6.07 Å². The van der Waals surface area contributed by atoms with Gasteiger partial charge in [-0.1, -0.05) is 20.8 Å². The molecule has 0 radical (unpaired) electrons. The first kappa shape index (κ1) is 20.2. The van der Waals surface area contributed by atoms with E-state index in [-0.39, 0.29) is 21.6 Å². The Balaban J connectivity index is 2.05. The fourth-order valence-electron chi connectivity index (χ4n) is 2.64. The van der Waals surface area contributed by atoms with Gasteiger partial charge in [-0.2, -0.15) is 0 Å². The number of hydrogen-bond acceptors (Lipinski definition) is 5. The van der Waals surface area contributed by atoms with Crippen molar-refractivity contribution in [3.05, 3.63) is 52.3 Å². The van der Waals surface area contributed by atoms with Crippen molar-refractivity contribution in [1.29, 1.82) is 0 Å². The Bertz CT molecular complexity index is 1190. The van der Waals surface area contributed by atoms with Crippen LogP contribution in [-0.4, -0.2) is 24.5 Å². The fourth-order valence-corrected chi connectivity index (χ4v) is 4.88. The van der Waals surface area contributed by atoms with Gasteiger partial charge in [-0.25, -0.2) is 22.6 Å². The average Bonchev–Trinajstić information content (AvgIpc) is 3.01. The molecule has 0 aliphatic heterocycles. The molecule has 0 aliphatic rings. The smallest absolute Gasteiger partial charge is 0.338 e. The number of aromatic nitrogens is 1. The van der Waals surface area contributed by atoms with E-state index in [1.807, 2.05) is 20.8 Å². The summed E-state index contributed by atoms with van der Waals surface area (Å²) in [5.41, 5.74) is -0.218. The SMILES string of the molecule is Cc1c(F)ccc(NS(=O)(=O)c2ccc3nc(C(C)(C)C)sc3c2)c1C(=O)O. The molecule has 2 N–H and O–H groups in total. The molecular weight excluding hydrogens is 403 g/mol. The first-order valence-corrected chi connectivity index (χ1v) is 10.7. The van der Waals surface area contributed by atoms with Crippen molar-refractivity contribution in [2.24, 2.45) is 0 Å². The van der Waals surface area contributed by atoms with Gasteiger partial charge >= 0.3 is 5.97 Å². The molecule has 0 amide bonds. The highest BCUT2D eigenvalue weighted by Crippen LogP contribution is 2.33. The quantitative estimate of drug-likeness (QED) is 0.643. The summed E-state index contributed by atoms with van der Waals surface area (Å²) in [5.74, 6) is -2.14. The zero-order valence-electron chi connectivity index (χ0n) is 15.7. The van der Waals surface area contributed by atoms with Gasteiger partial charge in [0.15, 0.2) is 0 Å². The Morgan fingerprint density at radius 3 is 2.50 bits per heavy atom. The summed E-state index contributed by atoms with van der Waals surface area (Å²) < 4.78 is 42.3. The molecule has 0 fully saturated rings. The van der Waals surface area contributed by atoms with Crippen LogP contribution in [0.2, 0.25) is 0 Å². The number of fused-ring (bicyclic) bond motifs is 1. The lowest BCUT2D eigenvalue weighted by atomic mass is 9.98. The maximum Gasteiger partial charge on any atom is 0.338 e. The summed E-state index contributed by atoms with van der Waals surface area (Å²) in [7, 11) is -4.07. The number of nitrogens with one attached hydrogen (secondary N) is 1. The second-order valence-electron chi connectivity index (χ2n) is 7.40. The molecule has 0 saturated carbocycles. The van der Waals surface area contributed by atoms with E-state index in [1.165, 1.54) is 30.4 Å². The van der Waals surface area contributed by atoms with E-state index in [0.29, 0.717) is 10.2 Å². The molecule has 1 aromatic heterocycles. The highest BCUT2D eigenvalue weighted by atomic mass is 32.2. The molecule has 3 aromatic rings. The lowest BCUT2D eigenvalue weighted by Gasteiger charge is -2.13. The van der Waals surface area contributed by atoms with E-state index in [4.69, 9.17) is 0 Å². The van der Waals surface area contributed by atoms with Crippen molar-refractivity contribution in [3.8, 4) is 0 Å². The standard InChI is InChI=1S/C19H19FN2O4S2/c1-10-12(20)6-8-14(16(10)17(23)24)22-28(25,26)11-5-7-13-15(9-11)27-18(21-13)19(2,3)4/h5-9,22H,1-4H3,(H,23,24). The molecule has 28 heavy (non-hydrogen) atoms. The van der Waals surface area contributed by atoms with E-state index < -0.39 is 27.4 Å². The van der Waals surface area contributed by atoms with Gasteiger partial charge in [-0.15, -0.1) is 11.3 Å². The van der Waals surface area contributed by atoms with Crippen molar-refractivity contribution in [2.75, 3.05) is 4.72 Å². The van der Waals surface area contributed by atoms with Gasteiger partial charge < -0.3 is 5.11 Å². The van der Waals surface area contributed by atoms with Crippen LogP contribution in [0.15, 0.2) is 35.2 Å². The largest absolute Gasteiger partial charge is 0.478 e. The number of anilines is 1. The van der Waals surface area contributed by atoms with E-state index in [0.717, 1.165) is 17.1 Å². The number of sulfonamides is 1. The highest BCUT2D eigenvalue weighted by Gasteiger charge is 2.23. The summed E-state index contributed by atoms with van der Waals surface area (Å²) in [6, 6.07) is 6.66. The van der Waals surface area contributed by atoms with Crippen LogP contribution in [-0.2, 0) is 15.4 Å². The lowest BCUT2D eigenvalue weighted by molar-refractivity contribution is 0.0696. The molecule has 0 saturated heterocycles. The van der Waals surface area contributed by atoms with Crippen LogP contribution in [0.5, 0.6) is 0 Å². The van der Waals surface area contributed by atoms with Crippen molar-refractivity contribution >= 4 is 43.2 Å². The number of carboxylic acid groups (broad SMARTS) is 1. The molecule has 0 aliphatic carbocycles. The lowest BCUT2D eigenvalue weighted by Crippen LogP contribution is -2.16. The summed E-state index contributed by atoms with van der Waals surface area (Å²) in [6.07, 6.45) is 0. The van der Waals surface area contributed by atoms with E-state index in [9.17, 15) is 22.7 Å². The molecule has 6 nitrogen and oxygen atoms in total. The van der Waals surface area contributed by atoms with Crippen LogP contribution < -0.4 is 4.72 Å². The first-order valence-electron chi connectivity index (χ1n) is 8.36. The molecular formula is C19H19FN2O4S2. The maximum absolute atomic E-state index is 13.7. The Morgan fingerprint density at radius 1 is 1.21 bits per heavy atom. The van der Waals surface area contributed by atoms with E-state index >= 15 is 0 Å². The zero-order valence-corrected chi connectivity index (χ0v) is 17.3. The van der Waals surface area contributed by atoms with Gasteiger partial charge in [0.1, 0.15) is 5.82 Å². The number of halogens is 1. The predicted octanol–water partition coefficient (Wildman–Crippen LogP) is 4.54. The molecule has 0 bridgehead atoms. The number of rotatable bonds is 4. The third kappa shape index (κ3) is 3.72. The molecule has 3 rings (SSSR count). The maximum atomic E-state index is 13.7. The van der Waals surface area contributed by atoms with Crippen molar-refractivity contribution in [2.45, 2.75) is 38.0 Å². The number of carbonyl (C=O) groups is 1. The molecule has 148 valence electrons. The van der Waals surface area contributed by atoms with Crippen molar-refractivity contribution in [3.63, 3.8) is 0 Å². The van der Waals surface area contributed by atoms with Crippen LogP contribution >= 0.6 is 11.3 Å². The molecule has 9 heteroatoms. The summed E-state index contributed by atoms with van der Waals surface area (Å²) >= 11 is 1.41. The third-order valence-electron chi connectivity index (χ3n) is 4.17. The fraction of sp³-hybridized carbons (Fsp3) is 0.263. The van der Waals surface area contributed by atoms with E-state index in [2.05, 4.69) is 9.71 Å². The van der Waals surface area contributed by atoms with Gasteiger partial charge in [0.25, 0.3) is 10.0 Å². The number of benzene rings is 2. The summed E-state index contributed by atoms with van der Waals surface area (Å²) in [6.45, 7) is 7.35. The number of carboxylic acids is 1. The van der Waals surface area contributed by atoms with Crippen LogP contribution in [0.25, 0.3) is 10.2 Å². The minimum absolute atomic E-state index is 0.0255. The van der Waals surface area contributed by atoms with Crippen molar-refractivity contribution < 1.29 is 22.7 Å². The number of hydrogen-bond donors (Lipinski definition) is 2. The molecule has 0 spiro atoms. The Kier molecular flexibility index (Phi) is 4.93. The topological polar surface area (TPSA) is 96.4 Å². The third-order valence-corrected chi connectivity index (χ3v) is 6.98. The molecule has 0 unspecified atom stereocenters. The molecule has 0 atom stereocenters. The highest BCUT2D eigenvalue weighted by molar-refractivity contribution is 7.92. The zero-order chi connectivity index (χ0) is 20.9. The van der Waals surface area contributed by atoms with Crippen LogP contribution in [0.3, 0.4) is 0 Å². The minimum atomic E-state index is -4.07. The van der Waals surface area contributed by atoms with Gasteiger partial charge in [0, 0.05) is 11.0 Å². The predicted molar refractivity (Wildman–Crippen MR) is 107 cm³/mol. The van der Waals surface area contributed by atoms with Gasteiger partial charge in [0.2, 0.25) is 0 Å². The Morgan fingerprint density at radius 2 is 1.89 bits per heavy atom. The first-order chi connectivity index (χ1) is 12.9. The number of aromatic carboxylic acids is 1. The monoisotopic (exact) mass is 422 g/mol. The van der Waals surface area contributed by atoms with Gasteiger partial charge in [-0.05, 0) is 37.3 Å².